The van der Waals surface area contributed by atoms with Crippen LogP contribution in [0.25, 0.3) is 0 Å². The number of nitro benzene ring substituents is 1. The number of carbonyl (C=O) groups is 1. The van der Waals surface area contributed by atoms with Gasteiger partial charge >= 0.3 is 6.18 Å². The van der Waals surface area contributed by atoms with Crippen LogP contribution in [0.15, 0.2) is 23.1 Å². The number of nitro groups is 1. The molecule has 0 bridgehead atoms. The number of nitrogens with one attached hydrogen (secondary N) is 1. The fourth-order valence-corrected chi connectivity index (χ4v) is 5.14. The zero-order chi connectivity index (χ0) is 19.7. The molecular formula is C13H13F3N2O6S2. The van der Waals surface area contributed by atoms with Gasteiger partial charge in [-0.25, -0.2) is 8.42 Å². The highest BCUT2D eigenvalue weighted by Crippen LogP contribution is 2.34. The molecule has 26 heavy (non-hydrogen) atoms. The predicted octanol–water partition coefficient (Wildman–Crippen LogP) is 1.02. The SMILES string of the molecule is O=C(CS(=O)c1ccc(C(F)(F)F)cc1[N+](=O)[O-])NC1CCS(=O)(=O)C1. The summed E-state index contributed by atoms with van der Waals surface area (Å²) in [6.07, 6.45) is -4.61. The lowest BCUT2D eigenvalue weighted by atomic mass is 10.2. The van der Waals surface area contributed by atoms with Crippen LogP contribution in [0.4, 0.5) is 18.9 Å². The summed E-state index contributed by atoms with van der Waals surface area (Å²) in [6.45, 7) is 0. The molecule has 144 valence electrons. The molecule has 1 aromatic rings. The lowest BCUT2D eigenvalue weighted by Crippen LogP contribution is -2.38. The predicted molar refractivity (Wildman–Crippen MR) is 84.6 cm³/mol. The van der Waals surface area contributed by atoms with Crippen molar-refractivity contribution in [2.24, 2.45) is 0 Å². The number of amides is 1. The third kappa shape index (κ3) is 5.00. The van der Waals surface area contributed by atoms with Crippen molar-refractivity contribution in [3.05, 3.63) is 33.9 Å². The van der Waals surface area contributed by atoms with Gasteiger partial charge in [0.1, 0.15) is 10.6 Å². The maximum atomic E-state index is 12.7. The van der Waals surface area contributed by atoms with Gasteiger partial charge in [-0.3, -0.25) is 19.1 Å². The largest absolute Gasteiger partial charge is 0.416 e. The fourth-order valence-electron chi connectivity index (χ4n) is 2.40. The third-order valence-electron chi connectivity index (χ3n) is 3.59. The molecule has 1 amide bonds. The Labute approximate surface area is 148 Å². The summed E-state index contributed by atoms with van der Waals surface area (Å²) in [5.41, 5.74) is -2.28. The van der Waals surface area contributed by atoms with E-state index in [1.54, 1.807) is 0 Å². The van der Waals surface area contributed by atoms with Crippen molar-refractivity contribution in [1.29, 1.82) is 0 Å². The summed E-state index contributed by atoms with van der Waals surface area (Å²) in [7, 11) is -5.52. The van der Waals surface area contributed by atoms with Gasteiger partial charge in [0.2, 0.25) is 5.91 Å². The second-order valence-electron chi connectivity index (χ2n) is 5.59. The Bertz CT molecular complexity index is 869. The fraction of sp³-hybridized carbons (Fsp3) is 0.462. The van der Waals surface area contributed by atoms with Gasteiger partial charge in [-0.05, 0) is 18.6 Å². The zero-order valence-electron chi connectivity index (χ0n) is 13.0. The van der Waals surface area contributed by atoms with Crippen LogP contribution in [0, 0.1) is 10.1 Å². The van der Waals surface area contributed by atoms with E-state index in [1.165, 1.54) is 0 Å². The number of alkyl halides is 3. The van der Waals surface area contributed by atoms with E-state index in [2.05, 4.69) is 5.32 Å². The second-order valence-corrected chi connectivity index (χ2v) is 9.24. The minimum atomic E-state index is -4.81. The summed E-state index contributed by atoms with van der Waals surface area (Å²) < 4.78 is 72.8. The Morgan fingerprint density at radius 3 is 2.54 bits per heavy atom. The number of hydrogen-bond donors (Lipinski definition) is 1. The lowest BCUT2D eigenvalue weighted by Gasteiger charge is -2.11. The smallest absolute Gasteiger partial charge is 0.352 e. The van der Waals surface area contributed by atoms with E-state index < -0.39 is 65.6 Å². The number of carbonyl (C=O) groups excluding carboxylic acids is 1. The molecule has 1 saturated heterocycles. The maximum absolute atomic E-state index is 12.7. The van der Waals surface area contributed by atoms with Crippen LogP contribution in [-0.4, -0.2) is 46.8 Å². The molecule has 0 radical (unpaired) electrons. The molecule has 13 heteroatoms. The molecule has 1 N–H and O–H groups in total. The van der Waals surface area contributed by atoms with Crippen molar-refractivity contribution < 1.29 is 35.5 Å². The molecule has 1 heterocycles. The minimum Gasteiger partial charge on any atom is -0.352 e. The monoisotopic (exact) mass is 414 g/mol. The van der Waals surface area contributed by atoms with Crippen LogP contribution in [0.3, 0.4) is 0 Å². The van der Waals surface area contributed by atoms with Crippen LogP contribution in [0.1, 0.15) is 12.0 Å². The minimum absolute atomic E-state index is 0.0919. The highest BCUT2D eigenvalue weighted by atomic mass is 32.2. The van der Waals surface area contributed by atoms with E-state index in [0.29, 0.717) is 12.1 Å². The molecule has 0 aliphatic carbocycles. The first kappa shape index (κ1) is 20.3. The maximum Gasteiger partial charge on any atom is 0.416 e. The Morgan fingerprint density at radius 2 is 2.04 bits per heavy atom. The summed E-state index contributed by atoms with van der Waals surface area (Å²) in [4.78, 5) is 21.2. The summed E-state index contributed by atoms with van der Waals surface area (Å²) in [5.74, 6) is -1.89. The Balaban J connectivity index is 2.13. The molecule has 2 atom stereocenters. The van der Waals surface area contributed by atoms with Crippen molar-refractivity contribution in [2.45, 2.75) is 23.5 Å². The third-order valence-corrected chi connectivity index (χ3v) is 6.72. The highest BCUT2D eigenvalue weighted by Gasteiger charge is 2.34. The first-order valence-corrected chi connectivity index (χ1v) is 10.3. The van der Waals surface area contributed by atoms with Crippen LogP contribution < -0.4 is 5.32 Å². The van der Waals surface area contributed by atoms with E-state index in [1.807, 2.05) is 0 Å². The molecule has 0 saturated carbocycles. The van der Waals surface area contributed by atoms with Gasteiger partial charge in [0.05, 0.1) is 32.8 Å². The van der Waals surface area contributed by atoms with Crippen LogP contribution >= 0.6 is 0 Å². The average molecular weight is 414 g/mol. The van der Waals surface area contributed by atoms with E-state index >= 15 is 0 Å². The van der Waals surface area contributed by atoms with Crippen molar-refractivity contribution in [3.8, 4) is 0 Å². The molecule has 1 fully saturated rings. The Hall–Kier alpha value is -2.02. The zero-order valence-corrected chi connectivity index (χ0v) is 14.6. The molecule has 2 unspecified atom stereocenters. The van der Waals surface area contributed by atoms with Crippen LogP contribution in [0.2, 0.25) is 0 Å². The van der Waals surface area contributed by atoms with Crippen LogP contribution in [0.5, 0.6) is 0 Å². The second kappa shape index (κ2) is 7.31. The normalized spacial score (nSPS) is 20.5. The summed E-state index contributed by atoms with van der Waals surface area (Å²) in [5, 5.41) is 13.3. The molecule has 1 aliphatic heterocycles. The molecule has 0 spiro atoms. The van der Waals surface area contributed by atoms with E-state index in [4.69, 9.17) is 0 Å². The lowest BCUT2D eigenvalue weighted by molar-refractivity contribution is -0.388. The van der Waals surface area contributed by atoms with Gasteiger partial charge in [0.15, 0.2) is 9.84 Å². The van der Waals surface area contributed by atoms with Crippen molar-refractivity contribution in [3.63, 3.8) is 0 Å². The van der Waals surface area contributed by atoms with Gasteiger partial charge < -0.3 is 5.32 Å². The number of hydrogen-bond acceptors (Lipinski definition) is 6. The first-order valence-electron chi connectivity index (χ1n) is 7.13. The van der Waals surface area contributed by atoms with E-state index in [0.717, 1.165) is 0 Å². The Morgan fingerprint density at radius 1 is 1.38 bits per heavy atom. The molecule has 2 rings (SSSR count). The summed E-state index contributed by atoms with van der Waals surface area (Å²) >= 11 is 0. The van der Waals surface area contributed by atoms with Crippen LogP contribution in [-0.2, 0) is 31.6 Å². The number of nitrogens with zero attached hydrogens (tertiary/aromatic N) is 1. The number of rotatable bonds is 5. The number of sulfone groups is 1. The molecular weight excluding hydrogens is 401 g/mol. The van der Waals surface area contributed by atoms with Gasteiger partial charge in [0, 0.05) is 12.1 Å². The molecule has 0 aromatic heterocycles. The topological polar surface area (TPSA) is 123 Å². The van der Waals surface area contributed by atoms with E-state index in [9.17, 15) is 40.7 Å². The van der Waals surface area contributed by atoms with Gasteiger partial charge in [-0.1, -0.05) is 0 Å². The molecule has 8 nitrogen and oxygen atoms in total. The molecule has 1 aliphatic rings. The first-order chi connectivity index (χ1) is 11.9. The quantitative estimate of drug-likeness (QED) is 0.567. The van der Waals surface area contributed by atoms with Crippen molar-refractivity contribution in [2.75, 3.05) is 17.3 Å². The van der Waals surface area contributed by atoms with Gasteiger partial charge in [-0.2, -0.15) is 13.2 Å². The van der Waals surface area contributed by atoms with Crippen molar-refractivity contribution in [1.82, 2.24) is 5.32 Å². The highest BCUT2D eigenvalue weighted by molar-refractivity contribution is 7.91. The summed E-state index contributed by atoms with van der Waals surface area (Å²) in [6, 6.07) is 0.855. The van der Waals surface area contributed by atoms with Gasteiger partial charge in [-0.15, -0.1) is 0 Å². The molecule has 1 aromatic carbocycles. The number of halogens is 3. The standard InChI is InChI=1S/C13H13F3N2O6S2/c14-13(15,16)8-1-2-11(10(5-8)18(20)21)25(22)6-12(19)17-9-3-4-26(23,24)7-9/h1-2,5,9H,3-4,6-7H2,(H,17,19). The van der Waals surface area contributed by atoms with Crippen molar-refractivity contribution >= 4 is 32.2 Å². The van der Waals surface area contributed by atoms with E-state index in [-0.39, 0.29) is 24.0 Å². The Kier molecular flexibility index (Phi) is 5.70. The van der Waals surface area contributed by atoms with Gasteiger partial charge in [0.25, 0.3) is 5.69 Å². The number of benzene rings is 1. The average Bonchev–Trinajstić information content (AvgIpc) is 2.84.